The standard InChI is InChI=1S/C14H19FN2O/c1-3-14(9-6-10-16-14)13(18)17(2)12-8-5-4-7-11(12)15/h4-5,7-8,16H,3,6,9-10H2,1-2H3. The number of anilines is 1. The molecule has 0 radical (unpaired) electrons. The minimum Gasteiger partial charge on any atom is -0.311 e. The van der Waals surface area contributed by atoms with Gasteiger partial charge in [0.25, 0.3) is 0 Å². The average molecular weight is 250 g/mol. The van der Waals surface area contributed by atoms with E-state index in [1.165, 1.54) is 11.0 Å². The quantitative estimate of drug-likeness (QED) is 0.893. The number of hydrogen-bond acceptors (Lipinski definition) is 2. The van der Waals surface area contributed by atoms with Gasteiger partial charge in [-0.1, -0.05) is 19.1 Å². The molecule has 1 aromatic rings. The molecule has 18 heavy (non-hydrogen) atoms. The van der Waals surface area contributed by atoms with Gasteiger partial charge >= 0.3 is 0 Å². The number of halogens is 1. The Bertz CT molecular complexity index is 441. The lowest BCUT2D eigenvalue weighted by molar-refractivity contribution is -0.124. The molecule has 3 nitrogen and oxygen atoms in total. The molecule has 0 bridgehead atoms. The lowest BCUT2D eigenvalue weighted by atomic mass is 9.92. The van der Waals surface area contributed by atoms with Crippen LogP contribution in [0.1, 0.15) is 26.2 Å². The van der Waals surface area contributed by atoms with Gasteiger partial charge in [0.1, 0.15) is 5.82 Å². The highest BCUT2D eigenvalue weighted by molar-refractivity contribution is 6.00. The summed E-state index contributed by atoms with van der Waals surface area (Å²) >= 11 is 0. The van der Waals surface area contributed by atoms with E-state index in [9.17, 15) is 9.18 Å². The largest absolute Gasteiger partial charge is 0.311 e. The van der Waals surface area contributed by atoms with Crippen LogP contribution in [-0.4, -0.2) is 25.0 Å². The van der Waals surface area contributed by atoms with Crippen LogP contribution in [-0.2, 0) is 4.79 Å². The van der Waals surface area contributed by atoms with Crippen LogP contribution in [0.3, 0.4) is 0 Å². The fourth-order valence-electron chi connectivity index (χ4n) is 2.60. The van der Waals surface area contributed by atoms with Crippen molar-refractivity contribution in [2.75, 3.05) is 18.5 Å². The topological polar surface area (TPSA) is 32.3 Å². The molecular weight excluding hydrogens is 231 g/mol. The van der Waals surface area contributed by atoms with E-state index in [2.05, 4.69) is 5.32 Å². The van der Waals surface area contributed by atoms with E-state index in [4.69, 9.17) is 0 Å². The molecule has 1 saturated heterocycles. The summed E-state index contributed by atoms with van der Waals surface area (Å²) in [5, 5.41) is 3.28. The molecule has 0 saturated carbocycles. The summed E-state index contributed by atoms with van der Waals surface area (Å²) in [7, 11) is 1.64. The molecule has 4 heteroatoms. The normalized spacial score (nSPS) is 23.1. The van der Waals surface area contributed by atoms with Gasteiger partial charge in [-0.3, -0.25) is 4.79 Å². The van der Waals surface area contributed by atoms with Crippen molar-refractivity contribution < 1.29 is 9.18 Å². The molecule has 1 aromatic carbocycles. The predicted molar refractivity (Wildman–Crippen MR) is 70.1 cm³/mol. The molecule has 1 atom stereocenters. The van der Waals surface area contributed by atoms with E-state index in [0.29, 0.717) is 5.69 Å². The van der Waals surface area contributed by atoms with E-state index in [0.717, 1.165) is 25.8 Å². The Morgan fingerprint density at radius 3 is 2.78 bits per heavy atom. The summed E-state index contributed by atoms with van der Waals surface area (Å²) < 4.78 is 13.7. The van der Waals surface area contributed by atoms with Gasteiger partial charge in [0, 0.05) is 7.05 Å². The van der Waals surface area contributed by atoms with Crippen LogP contribution in [0.25, 0.3) is 0 Å². The average Bonchev–Trinajstić information content (AvgIpc) is 2.87. The first-order valence-electron chi connectivity index (χ1n) is 6.38. The van der Waals surface area contributed by atoms with Gasteiger partial charge in [0.05, 0.1) is 11.2 Å². The minimum absolute atomic E-state index is 0.0485. The zero-order chi connectivity index (χ0) is 13.2. The van der Waals surface area contributed by atoms with Gasteiger partial charge in [-0.25, -0.2) is 4.39 Å². The van der Waals surface area contributed by atoms with Crippen molar-refractivity contribution in [3.63, 3.8) is 0 Å². The number of nitrogens with zero attached hydrogens (tertiary/aromatic N) is 1. The van der Waals surface area contributed by atoms with Crippen LogP contribution in [0.15, 0.2) is 24.3 Å². The SMILES string of the molecule is CCC1(C(=O)N(C)c2ccccc2F)CCCN1. The Hall–Kier alpha value is -1.42. The fourth-order valence-corrected chi connectivity index (χ4v) is 2.60. The third kappa shape index (κ3) is 2.12. The molecule has 1 aliphatic heterocycles. The van der Waals surface area contributed by atoms with Crippen molar-refractivity contribution in [3.05, 3.63) is 30.1 Å². The monoisotopic (exact) mass is 250 g/mol. The molecule has 1 fully saturated rings. The molecule has 1 amide bonds. The molecule has 1 N–H and O–H groups in total. The Morgan fingerprint density at radius 2 is 2.22 bits per heavy atom. The second-order valence-corrected chi connectivity index (χ2v) is 4.78. The highest BCUT2D eigenvalue weighted by Gasteiger charge is 2.41. The van der Waals surface area contributed by atoms with Gasteiger partial charge in [-0.15, -0.1) is 0 Å². The third-order valence-corrected chi connectivity index (χ3v) is 3.78. The van der Waals surface area contributed by atoms with Crippen molar-refractivity contribution in [3.8, 4) is 0 Å². The number of hydrogen-bond donors (Lipinski definition) is 1. The predicted octanol–water partition coefficient (Wildman–Crippen LogP) is 2.32. The van der Waals surface area contributed by atoms with E-state index in [1.807, 2.05) is 6.92 Å². The number of nitrogens with one attached hydrogen (secondary N) is 1. The number of likely N-dealkylation sites (N-methyl/N-ethyl adjacent to an activating group) is 1. The van der Waals surface area contributed by atoms with Crippen molar-refractivity contribution in [2.45, 2.75) is 31.7 Å². The van der Waals surface area contributed by atoms with Crippen molar-refractivity contribution in [1.82, 2.24) is 5.32 Å². The molecule has 2 rings (SSSR count). The first-order chi connectivity index (χ1) is 8.60. The Labute approximate surface area is 107 Å². The maximum Gasteiger partial charge on any atom is 0.247 e. The van der Waals surface area contributed by atoms with E-state index in [-0.39, 0.29) is 11.7 Å². The molecule has 0 aromatic heterocycles. The molecule has 1 aliphatic rings. The Balaban J connectivity index is 2.26. The summed E-state index contributed by atoms with van der Waals surface area (Å²) in [6.45, 7) is 2.84. The van der Waals surface area contributed by atoms with Crippen molar-refractivity contribution >= 4 is 11.6 Å². The number of carbonyl (C=O) groups is 1. The fraction of sp³-hybridized carbons (Fsp3) is 0.500. The third-order valence-electron chi connectivity index (χ3n) is 3.78. The molecule has 0 spiro atoms. The number of para-hydroxylation sites is 1. The summed E-state index contributed by atoms with van der Waals surface area (Å²) in [6, 6.07) is 6.37. The van der Waals surface area contributed by atoms with E-state index in [1.54, 1.807) is 25.2 Å². The zero-order valence-electron chi connectivity index (χ0n) is 10.9. The molecule has 1 unspecified atom stereocenters. The molecular formula is C14H19FN2O. The summed E-state index contributed by atoms with van der Waals surface area (Å²) in [6.07, 6.45) is 2.54. The van der Waals surface area contributed by atoms with E-state index < -0.39 is 5.54 Å². The lowest BCUT2D eigenvalue weighted by Crippen LogP contribution is -2.53. The van der Waals surface area contributed by atoms with Gasteiger partial charge in [-0.05, 0) is 37.9 Å². The first kappa shape index (κ1) is 13.0. The van der Waals surface area contributed by atoms with Crippen molar-refractivity contribution in [1.29, 1.82) is 0 Å². The smallest absolute Gasteiger partial charge is 0.247 e. The van der Waals surface area contributed by atoms with Crippen LogP contribution in [0.5, 0.6) is 0 Å². The highest BCUT2D eigenvalue weighted by atomic mass is 19.1. The molecule has 98 valence electrons. The van der Waals surface area contributed by atoms with Crippen LogP contribution < -0.4 is 10.2 Å². The van der Waals surface area contributed by atoms with Crippen LogP contribution in [0, 0.1) is 5.82 Å². The second-order valence-electron chi connectivity index (χ2n) is 4.78. The van der Waals surface area contributed by atoms with Crippen LogP contribution in [0.4, 0.5) is 10.1 Å². The van der Waals surface area contributed by atoms with Crippen LogP contribution >= 0.6 is 0 Å². The number of benzene rings is 1. The number of carbonyl (C=O) groups excluding carboxylic acids is 1. The van der Waals surface area contributed by atoms with Gasteiger partial charge in [0.2, 0.25) is 5.91 Å². The zero-order valence-corrected chi connectivity index (χ0v) is 10.9. The Morgan fingerprint density at radius 1 is 1.50 bits per heavy atom. The van der Waals surface area contributed by atoms with Gasteiger partial charge in [-0.2, -0.15) is 0 Å². The maximum absolute atomic E-state index is 13.7. The minimum atomic E-state index is -0.517. The van der Waals surface area contributed by atoms with Crippen LogP contribution in [0.2, 0.25) is 0 Å². The van der Waals surface area contributed by atoms with Crippen molar-refractivity contribution in [2.24, 2.45) is 0 Å². The second kappa shape index (κ2) is 5.06. The molecule has 1 heterocycles. The highest BCUT2D eigenvalue weighted by Crippen LogP contribution is 2.28. The molecule has 0 aliphatic carbocycles. The van der Waals surface area contributed by atoms with Gasteiger partial charge in [0.15, 0.2) is 0 Å². The summed E-state index contributed by atoms with van der Waals surface area (Å²) in [5.41, 5.74) is -0.180. The number of amides is 1. The van der Waals surface area contributed by atoms with Gasteiger partial charge < -0.3 is 10.2 Å². The van der Waals surface area contributed by atoms with E-state index >= 15 is 0 Å². The summed E-state index contributed by atoms with van der Waals surface area (Å²) in [4.78, 5) is 14.0. The first-order valence-corrected chi connectivity index (χ1v) is 6.38. The lowest BCUT2D eigenvalue weighted by Gasteiger charge is -2.32. The number of rotatable bonds is 3. The Kier molecular flexibility index (Phi) is 3.66. The summed E-state index contributed by atoms with van der Waals surface area (Å²) in [5.74, 6) is -0.412. The maximum atomic E-state index is 13.7.